The molecule has 0 saturated heterocycles. The summed E-state index contributed by atoms with van der Waals surface area (Å²) in [6, 6.07) is 0. The predicted octanol–water partition coefficient (Wildman–Crippen LogP) is 5.22. The van der Waals surface area contributed by atoms with Gasteiger partial charge in [0.1, 0.15) is 0 Å². The van der Waals surface area contributed by atoms with E-state index in [1.54, 1.807) is 0 Å². The summed E-state index contributed by atoms with van der Waals surface area (Å²) in [5.41, 5.74) is -1.69. The monoisotopic (exact) mass is 438 g/mol. The third-order valence-electron chi connectivity index (χ3n) is 5.80. The van der Waals surface area contributed by atoms with Crippen LogP contribution in [0, 0.1) is 23.2 Å². The minimum atomic E-state index is -1.69. The van der Waals surface area contributed by atoms with E-state index in [9.17, 15) is 14.4 Å². The molecule has 1 unspecified atom stereocenters. The first-order valence-corrected chi connectivity index (χ1v) is 11.6. The maximum absolute atomic E-state index is 12.5. The van der Waals surface area contributed by atoms with Crippen molar-refractivity contribution >= 4 is 17.9 Å². The number of rotatable bonds is 16. The average molecular weight is 439 g/mol. The van der Waals surface area contributed by atoms with Crippen LogP contribution >= 0.6 is 0 Å². The Bertz CT molecular complexity index is 571. The minimum Gasteiger partial charge on any atom is -0.469 e. The molecule has 31 heavy (non-hydrogen) atoms. The van der Waals surface area contributed by atoms with E-state index < -0.39 is 29.2 Å². The van der Waals surface area contributed by atoms with Crippen molar-refractivity contribution in [3.05, 3.63) is 0 Å². The molecule has 0 saturated carbocycles. The lowest BCUT2D eigenvalue weighted by Crippen LogP contribution is -2.49. The van der Waals surface area contributed by atoms with E-state index in [4.69, 9.17) is 14.2 Å². The Morgan fingerprint density at radius 1 is 0.710 bits per heavy atom. The Morgan fingerprint density at radius 3 is 1.61 bits per heavy atom. The van der Waals surface area contributed by atoms with Crippen molar-refractivity contribution in [1.82, 2.24) is 0 Å². The molecular formula is C25H42O6. The van der Waals surface area contributed by atoms with Gasteiger partial charge in [-0.15, -0.1) is 11.8 Å². The minimum absolute atomic E-state index is 0.173. The molecule has 0 aromatic carbocycles. The van der Waals surface area contributed by atoms with Gasteiger partial charge in [0.25, 0.3) is 0 Å². The summed E-state index contributed by atoms with van der Waals surface area (Å²) < 4.78 is 14.5. The largest absolute Gasteiger partial charge is 0.469 e. The third kappa shape index (κ3) is 10.2. The number of hydrogen-bond acceptors (Lipinski definition) is 6. The van der Waals surface area contributed by atoms with Crippen LogP contribution < -0.4 is 0 Å². The van der Waals surface area contributed by atoms with Crippen LogP contribution in [0.1, 0.15) is 97.3 Å². The summed E-state index contributed by atoms with van der Waals surface area (Å²) in [4.78, 5) is 37.1. The van der Waals surface area contributed by atoms with Gasteiger partial charge in [-0.3, -0.25) is 14.4 Å². The molecule has 178 valence electrons. The number of hydrogen-bond donors (Lipinski definition) is 0. The van der Waals surface area contributed by atoms with Gasteiger partial charge in [-0.2, -0.15) is 0 Å². The van der Waals surface area contributed by atoms with Gasteiger partial charge in [-0.1, -0.05) is 65.2 Å². The summed E-state index contributed by atoms with van der Waals surface area (Å²) in [5, 5.41) is 0. The number of carbonyl (C=O) groups is 3. The van der Waals surface area contributed by atoms with Crippen molar-refractivity contribution in [3.63, 3.8) is 0 Å². The fourth-order valence-electron chi connectivity index (χ4n) is 3.74. The van der Waals surface area contributed by atoms with E-state index in [1.165, 1.54) is 66.8 Å². The Morgan fingerprint density at radius 2 is 1.16 bits per heavy atom. The highest BCUT2D eigenvalue weighted by atomic mass is 16.5. The van der Waals surface area contributed by atoms with Gasteiger partial charge in [0.05, 0.1) is 27.2 Å². The molecule has 1 atom stereocenters. The van der Waals surface area contributed by atoms with Crippen molar-refractivity contribution in [2.24, 2.45) is 11.3 Å². The highest BCUT2D eigenvalue weighted by Gasteiger charge is 2.55. The molecule has 0 fully saturated rings. The highest BCUT2D eigenvalue weighted by molar-refractivity contribution is 6.03. The molecule has 6 heteroatoms. The Kier molecular flexibility index (Phi) is 16.5. The van der Waals surface area contributed by atoms with Gasteiger partial charge in [0.2, 0.25) is 0 Å². The zero-order chi connectivity index (χ0) is 23.5. The standard InChI is InChI=1S/C25H42O6/c1-6-7-8-9-10-11-12-13-14-15-16-17-18-19-20-25(23(27)30-4,24(28)31-5)21(2)22(26)29-3/h21H,6-12,15-20H2,1-5H3. The Hall–Kier alpha value is -2.03. The van der Waals surface area contributed by atoms with Gasteiger partial charge >= 0.3 is 17.9 Å². The molecule has 0 aromatic rings. The fourth-order valence-corrected chi connectivity index (χ4v) is 3.74. The van der Waals surface area contributed by atoms with Gasteiger partial charge in [-0.25, -0.2) is 0 Å². The Labute approximate surface area is 188 Å². The second-order valence-corrected chi connectivity index (χ2v) is 7.98. The van der Waals surface area contributed by atoms with Crippen LogP contribution in [0.4, 0.5) is 0 Å². The molecule has 0 amide bonds. The van der Waals surface area contributed by atoms with Gasteiger partial charge in [0.15, 0.2) is 5.41 Å². The molecule has 0 rings (SSSR count). The summed E-state index contributed by atoms with van der Waals surface area (Å²) in [7, 11) is 3.63. The van der Waals surface area contributed by atoms with Crippen molar-refractivity contribution in [1.29, 1.82) is 0 Å². The number of unbranched alkanes of at least 4 members (excludes halogenated alkanes) is 10. The van der Waals surface area contributed by atoms with Crippen LogP contribution in [-0.4, -0.2) is 39.2 Å². The van der Waals surface area contributed by atoms with Gasteiger partial charge < -0.3 is 14.2 Å². The molecular weight excluding hydrogens is 396 g/mol. The number of carbonyl (C=O) groups excluding carboxylic acids is 3. The molecule has 0 aliphatic heterocycles. The van der Waals surface area contributed by atoms with Gasteiger partial charge in [-0.05, 0) is 19.3 Å². The lowest BCUT2D eigenvalue weighted by Gasteiger charge is -2.32. The quantitative estimate of drug-likeness (QED) is 0.108. The van der Waals surface area contributed by atoms with Crippen LogP contribution in [0.5, 0.6) is 0 Å². The van der Waals surface area contributed by atoms with E-state index in [1.807, 2.05) is 0 Å². The van der Waals surface area contributed by atoms with E-state index in [0.717, 1.165) is 32.1 Å². The number of ether oxygens (including phenoxy) is 3. The zero-order valence-corrected chi connectivity index (χ0v) is 20.2. The molecule has 6 nitrogen and oxygen atoms in total. The maximum Gasteiger partial charge on any atom is 0.324 e. The molecule has 0 heterocycles. The number of methoxy groups -OCH3 is 3. The van der Waals surface area contributed by atoms with Crippen LogP contribution in [0.25, 0.3) is 0 Å². The summed E-state index contributed by atoms with van der Waals surface area (Å²) in [6.07, 6.45) is 13.0. The third-order valence-corrected chi connectivity index (χ3v) is 5.80. The second-order valence-electron chi connectivity index (χ2n) is 7.98. The zero-order valence-electron chi connectivity index (χ0n) is 20.2. The molecule has 0 aliphatic rings. The second kappa shape index (κ2) is 17.6. The lowest BCUT2D eigenvalue weighted by molar-refractivity contribution is -0.180. The lowest BCUT2D eigenvalue weighted by atomic mass is 9.72. The van der Waals surface area contributed by atoms with Crippen LogP contribution in [0.3, 0.4) is 0 Å². The molecule has 0 bridgehead atoms. The van der Waals surface area contributed by atoms with Gasteiger partial charge in [0, 0.05) is 12.8 Å². The summed E-state index contributed by atoms with van der Waals surface area (Å²) in [6.45, 7) is 3.72. The Balaban J connectivity index is 4.44. The first-order valence-electron chi connectivity index (χ1n) is 11.6. The van der Waals surface area contributed by atoms with Crippen LogP contribution in [0.2, 0.25) is 0 Å². The van der Waals surface area contributed by atoms with Crippen LogP contribution in [-0.2, 0) is 28.6 Å². The van der Waals surface area contributed by atoms with Crippen molar-refractivity contribution in [2.45, 2.75) is 97.3 Å². The smallest absolute Gasteiger partial charge is 0.324 e. The molecule has 0 aromatic heterocycles. The normalized spacial score (nSPS) is 11.8. The predicted molar refractivity (Wildman–Crippen MR) is 121 cm³/mol. The van der Waals surface area contributed by atoms with Crippen LogP contribution in [0.15, 0.2) is 0 Å². The fraction of sp³-hybridized carbons (Fsp3) is 0.800. The highest BCUT2D eigenvalue weighted by Crippen LogP contribution is 2.37. The molecule has 0 N–H and O–H groups in total. The van der Waals surface area contributed by atoms with Crippen molar-refractivity contribution < 1.29 is 28.6 Å². The van der Waals surface area contributed by atoms with E-state index in [2.05, 4.69) is 18.8 Å². The van der Waals surface area contributed by atoms with E-state index in [-0.39, 0.29) is 6.42 Å². The average Bonchev–Trinajstić information content (AvgIpc) is 2.79. The molecule has 0 aliphatic carbocycles. The SMILES string of the molecule is CCCCCCCCC#CCCCCCCC(C(=O)OC)(C(=O)OC)C(C)C(=O)OC. The van der Waals surface area contributed by atoms with E-state index >= 15 is 0 Å². The van der Waals surface area contributed by atoms with E-state index in [0.29, 0.717) is 6.42 Å². The molecule has 0 spiro atoms. The van der Waals surface area contributed by atoms with Crippen molar-refractivity contribution in [3.8, 4) is 11.8 Å². The van der Waals surface area contributed by atoms with Crippen molar-refractivity contribution in [2.75, 3.05) is 21.3 Å². The maximum atomic E-state index is 12.5. The first kappa shape index (κ1) is 29.0. The number of esters is 3. The molecule has 0 radical (unpaired) electrons. The topological polar surface area (TPSA) is 78.9 Å². The summed E-state index contributed by atoms with van der Waals surface area (Å²) in [5.74, 6) is 3.31. The first-order chi connectivity index (χ1) is 14.9. The summed E-state index contributed by atoms with van der Waals surface area (Å²) >= 11 is 0.